The molecule has 0 bridgehead atoms. The molecule has 1 saturated heterocycles. The lowest BCUT2D eigenvalue weighted by atomic mass is 10.1. The van der Waals surface area contributed by atoms with Crippen LogP contribution in [0.15, 0.2) is 23.2 Å². The number of aliphatic imine (C=N–C) groups is 1. The van der Waals surface area contributed by atoms with E-state index in [9.17, 15) is 4.79 Å². The first-order chi connectivity index (χ1) is 12.5. The smallest absolute Gasteiger partial charge is 0.409 e. The monoisotopic (exact) mass is 382 g/mol. The van der Waals surface area contributed by atoms with E-state index in [2.05, 4.69) is 10.3 Å². The number of piperidine rings is 1. The average Bonchev–Trinajstić information content (AvgIpc) is 2.62. The Labute approximate surface area is 159 Å². The molecule has 1 aromatic rings. The summed E-state index contributed by atoms with van der Waals surface area (Å²) in [4.78, 5) is 17.8. The van der Waals surface area contributed by atoms with Crippen LogP contribution in [0.5, 0.6) is 5.75 Å². The molecule has 0 saturated carbocycles. The van der Waals surface area contributed by atoms with E-state index >= 15 is 0 Å². The van der Waals surface area contributed by atoms with E-state index in [-0.39, 0.29) is 12.1 Å². The van der Waals surface area contributed by atoms with Crippen molar-refractivity contribution in [2.24, 2.45) is 10.7 Å². The number of nitrogens with two attached hydrogens (primary N) is 1. The van der Waals surface area contributed by atoms with Gasteiger partial charge in [-0.25, -0.2) is 9.79 Å². The van der Waals surface area contributed by atoms with E-state index in [0.717, 1.165) is 24.2 Å². The van der Waals surface area contributed by atoms with E-state index in [1.807, 2.05) is 19.1 Å². The van der Waals surface area contributed by atoms with Crippen molar-refractivity contribution in [1.82, 2.24) is 10.2 Å². The maximum Gasteiger partial charge on any atom is 0.409 e. The summed E-state index contributed by atoms with van der Waals surface area (Å²) in [5, 5.41) is 3.85. The maximum atomic E-state index is 11.7. The second-order valence-corrected chi connectivity index (χ2v) is 6.43. The van der Waals surface area contributed by atoms with Crippen LogP contribution in [-0.2, 0) is 11.3 Å². The summed E-state index contributed by atoms with van der Waals surface area (Å²) in [7, 11) is 0. The van der Waals surface area contributed by atoms with E-state index in [1.165, 1.54) is 0 Å². The van der Waals surface area contributed by atoms with Crippen molar-refractivity contribution in [3.63, 3.8) is 0 Å². The largest absolute Gasteiger partial charge is 0.493 e. The lowest BCUT2D eigenvalue weighted by molar-refractivity contribution is 0.0963. The number of nitrogens with one attached hydrogen (secondary N) is 1. The number of rotatable bonds is 6. The Morgan fingerprint density at radius 2 is 2.08 bits per heavy atom. The number of likely N-dealkylation sites (tertiary alicyclic amines) is 1. The molecule has 8 heteroatoms. The highest BCUT2D eigenvalue weighted by atomic mass is 35.5. The van der Waals surface area contributed by atoms with Gasteiger partial charge < -0.3 is 25.4 Å². The van der Waals surface area contributed by atoms with E-state index in [1.54, 1.807) is 17.9 Å². The van der Waals surface area contributed by atoms with Crippen molar-refractivity contribution in [3.8, 4) is 5.75 Å². The van der Waals surface area contributed by atoms with Gasteiger partial charge in [0.1, 0.15) is 5.75 Å². The average molecular weight is 383 g/mol. The molecule has 0 radical (unpaired) electrons. The summed E-state index contributed by atoms with van der Waals surface area (Å²) >= 11 is 6.01. The van der Waals surface area contributed by atoms with E-state index < -0.39 is 0 Å². The molecule has 1 aromatic carbocycles. The third-order valence-corrected chi connectivity index (χ3v) is 4.36. The molecule has 0 aromatic heterocycles. The van der Waals surface area contributed by atoms with Crippen molar-refractivity contribution in [1.29, 1.82) is 0 Å². The molecular formula is C18H27ClN4O3. The third-order valence-electron chi connectivity index (χ3n) is 4.12. The lowest BCUT2D eigenvalue weighted by Gasteiger charge is -2.31. The van der Waals surface area contributed by atoms with Crippen LogP contribution in [-0.4, -0.2) is 49.3 Å². The third kappa shape index (κ3) is 5.98. The standard InChI is InChI=1S/C18H27ClN4O3/c1-3-25-16-11-14(19)6-5-13(16)12-21-17(20)22-15-7-9-23(10-8-15)18(24)26-4-2/h5-6,11,15H,3-4,7-10,12H2,1-2H3,(H3,20,21,22). The number of carbonyl (C=O) groups is 1. The van der Waals surface area contributed by atoms with Crippen LogP contribution < -0.4 is 15.8 Å². The van der Waals surface area contributed by atoms with Crippen molar-refractivity contribution in [3.05, 3.63) is 28.8 Å². The Morgan fingerprint density at radius 3 is 2.73 bits per heavy atom. The van der Waals surface area contributed by atoms with Crippen molar-refractivity contribution >= 4 is 23.7 Å². The van der Waals surface area contributed by atoms with Crippen LogP contribution >= 0.6 is 11.6 Å². The molecule has 26 heavy (non-hydrogen) atoms. The number of hydrogen-bond acceptors (Lipinski definition) is 4. The Hall–Kier alpha value is -2.15. The zero-order chi connectivity index (χ0) is 18.9. The van der Waals surface area contributed by atoms with Gasteiger partial charge in [0.2, 0.25) is 0 Å². The number of benzene rings is 1. The minimum atomic E-state index is -0.251. The van der Waals surface area contributed by atoms with Crippen LogP contribution in [0.1, 0.15) is 32.3 Å². The molecule has 1 aliphatic heterocycles. The van der Waals surface area contributed by atoms with Crippen LogP contribution in [0, 0.1) is 0 Å². The Bertz CT molecular complexity index is 631. The highest BCUT2D eigenvalue weighted by Gasteiger charge is 2.23. The second kappa shape index (κ2) is 10.1. The second-order valence-electron chi connectivity index (χ2n) is 5.99. The summed E-state index contributed by atoms with van der Waals surface area (Å²) in [5.74, 6) is 1.11. The van der Waals surface area contributed by atoms with Crippen LogP contribution in [0.2, 0.25) is 5.02 Å². The summed E-state index contributed by atoms with van der Waals surface area (Å²) in [6.07, 6.45) is 1.36. The van der Waals surface area contributed by atoms with Crippen LogP contribution in [0.4, 0.5) is 4.79 Å². The molecule has 1 aliphatic rings. The quantitative estimate of drug-likeness (QED) is 0.583. The fraction of sp³-hybridized carbons (Fsp3) is 0.556. The molecule has 0 unspecified atom stereocenters. The molecule has 3 N–H and O–H groups in total. The van der Waals surface area contributed by atoms with Gasteiger partial charge in [-0.3, -0.25) is 0 Å². The maximum absolute atomic E-state index is 11.7. The molecule has 7 nitrogen and oxygen atoms in total. The zero-order valence-corrected chi connectivity index (χ0v) is 16.1. The minimum absolute atomic E-state index is 0.195. The lowest BCUT2D eigenvalue weighted by Crippen LogP contribution is -2.48. The zero-order valence-electron chi connectivity index (χ0n) is 15.3. The number of nitrogens with zero attached hydrogens (tertiary/aromatic N) is 2. The van der Waals surface area contributed by atoms with Crippen LogP contribution in [0.3, 0.4) is 0 Å². The molecule has 144 valence electrons. The van der Waals surface area contributed by atoms with Gasteiger partial charge in [0.05, 0.1) is 19.8 Å². The van der Waals surface area contributed by atoms with Crippen molar-refractivity contribution in [2.75, 3.05) is 26.3 Å². The molecule has 1 fully saturated rings. The fourth-order valence-electron chi connectivity index (χ4n) is 2.80. The molecule has 0 aliphatic carbocycles. The van der Waals surface area contributed by atoms with Crippen molar-refractivity contribution in [2.45, 2.75) is 39.3 Å². The highest BCUT2D eigenvalue weighted by molar-refractivity contribution is 6.30. The van der Waals surface area contributed by atoms with E-state index in [4.69, 9.17) is 26.8 Å². The van der Waals surface area contributed by atoms with Gasteiger partial charge in [0.15, 0.2) is 5.96 Å². The summed E-state index contributed by atoms with van der Waals surface area (Å²) in [6, 6.07) is 5.68. The Kier molecular flexibility index (Phi) is 7.84. The van der Waals surface area contributed by atoms with E-state index in [0.29, 0.717) is 43.8 Å². The van der Waals surface area contributed by atoms with Gasteiger partial charge in [-0.15, -0.1) is 0 Å². The first-order valence-corrected chi connectivity index (χ1v) is 9.30. The number of carbonyl (C=O) groups excluding carboxylic acids is 1. The summed E-state index contributed by atoms with van der Waals surface area (Å²) in [5.41, 5.74) is 6.94. The predicted octanol–water partition coefficient (Wildman–Crippen LogP) is 2.76. The molecule has 1 amide bonds. The summed E-state index contributed by atoms with van der Waals surface area (Å²) in [6.45, 7) is 6.39. The first kappa shape index (κ1) is 20.2. The van der Waals surface area contributed by atoms with Gasteiger partial charge >= 0.3 is 6.09 Å². The highest BCUT2D eigenvalue weighted by Crippen LogP contribution is 2.24. The van der Waals surface area contributed by atoms with Gasteiger partial charge in [-0.05, 0) is 38.8 Å². The molecule has 2 rings (SSSR count). The van der Waals surface area contributed by atoms with Crippen molar-refractivity contribution < 1.29 is 14.3 Å². The number of amides is 1. The normalized spacial score (nSPS) is 15.7. The fourth-order valence-corrected chi connectivity index (χ4v) is 2.96. The topological polar surface area (TPSA) is 89.2 Å². The van der Waals surface area contributed by atoms with Gasteiger partial charge in [-0.1, -0.05) is 17.7 Å². The SMILES string of the molecule is CCOC(=O)N1CCC(NC(N)=NCc2ccc(Cl)cc2OCC)CC1. The molecule has 0 spiro atoms. The summed E-state index contributed by atoms with van der Waals surface area (Å²) < 4.78 is 10.6. The molecular weight excluding hydrogens is 356 g/mol. The molecule has 0 atom stereocenters. The van der Waals surface area contributed by atoms with Gasteiger partial charge in [0, 0.05) is 29.7 Å². The van der Waals surface area contributed by atoms with Gasteiger partial charge in [-0.2, -0.15) is 0 Å². The Balaban J connectivity index is 1.85. The Morgan fingerprint density at radius 1 is 1.35 bits per heavy atom. The minimum Gasteiger partial charge on any atom is -0.493 e. The first-order valence-electron chi connectivity index (χ1n) is 8.92. The number of halogens is 1. The predicted molar refractivity (Wildman–Crippen MR) is 103 cm³/mol. The van der Waals surface area contributed by atoms with Gasteiger partial charge in [0.25, 0.3) is 0 Å². The number of hydrogen-bond donors (Lipinski definition) is 2. The van der Waals surface area contributed by atoms with Crippen LogP contribution in [0.25, 0.3) is 0 Å². The molecule has 1 heterocycles. The number of guanidine groups is 1. The number of ether oxygens (including phenoxy) is 2.